The van der Waals surface area contributed by atoms with Crippen LogP contribution in [0.3, 0.4) is 0 Å². The number of amides is 1. The summed E-state index contributed by atoms with van der Waals surface area (Å²) in [6.07, 6.45) is -1.87. The third-order valence-electron chi connectivity index (χ3n) is 5.87. The zero-order valence-corrected chi connectivity index (χ0v) is 22.1. The zero-order chi connectivity index (χ0) is 27.5. The maximum absolute atomic E-state index is 12.5. The molecule has 5 atom stereocenters. The SMILES string of the molecule is CC(=O)O[C@@H]1C[C@H](c2cn(CCC3OC(C)(C)OC3CNC(=O)OC(C)(C)C)c(=O)[nH]c2=O)O[C@@H]1CO. The van der Waals surface area contributed by atoms with E-state index in [9.17, 15) is 24.3 Å². The number of nitrogens with zero attached hydrogens (tertiary/aromatic N) is 1. The minimum Gasteiger partial charge on any atom is -0.460 e. The topological polar surface area (TPSA) is 167 Å². The van der Waals surface area contributed by atoms with Gasteiger partial charge in [0.2, 0.25) is 0 Å². The van der Waals surface area contributed by atoms with E-state index >= 15 is 0 Å². The molecule has 3 rings (SSSR count). The van der Waals surface area contributed by atoms with Crippen molar-refractivity contribution < 1.29 is 38.4 Å². The maximum Gasteiger partial charge on any atom is 0.407 e. The summed E-state index contributed by atoms with van der Waals surface area (Å²) in [6.45, 7) is 9.99. The first-order valence-corrected chi connectivity index (χ1v) is 12.3. The Hall–Kier alpha value is -2.74. The van der Waals surface area contributed by atoms with Gasteiger partial charge in [0.15, 0.2) is 5.79 Å². The van der Waals surface area contributed by atoms with Crippen molar-refractivity contribution in [1.82, 2.24) is 14.9 Å². The number of ether oxygens (including phenoxy) is 5. The Morgan fingerprint density at radius 3 is 2.51 bits per heavy atom. The largest absolute Gasteiger partial charge is 0.460 e. The number of aromatic nitrogens is 2. The summed E-state index contributed by atoms with van der Waals surface area (Å²) in [5.74, 6) is -1.42. The second-order valence-corrected chi connectivity index (χ2v) is 10.7. The average Bonchev–Trinajstić information content (AvgIpc) is 3.29. The van der Waals surface area contributed by atoms with E-state index in [1.165, 1.54) is 17.7 Å². The molecule has 2 unspecified atom stereocenters. The van der Waals surface area contributed by atoms with Crippen LogP contribution in [0.25, 0.3) is 0 Å². The Morgan fingerprint density at radius 2 is 1.89 bits per heavy atom. The Bertz CT molecular complexity index is 1090. The van der Waals surface area contributed by atoms with Gasteiger partial charge in [-0.15, -0.1) is 0 Å². The van der Waals surface area contributed by atoms with E-state index < -0.39 is 65.2 Å². The molecule has 13 nitrogen and oxygen atoms in total. The molecular formula is C24H37N3O10. The van der Waals surface area contributed by atoms with Gasteiger partial charge in [-0.25, -0.2) is 9.59 Å². The predicted molar refractivity (Wildman–Crippen MR) is 129 cm³/mol. The molecule has 1 aromatic rings. The van der Waals surface area contributed by atoms with Gasteiger partial charge in [-0.1, -0.05) is 0 Å². The smallest absolute Gasteiger partial charge is 0.407 e. The van der Waals surface area contributed by atoms with Crippen LogP contribution in [0, 0.1) is 0 Å². The fourth-order valence-corrected chi connectivity index (χ4v) is 4.43. The molecule has 208 valence electrons. The fraction of sp³-hybridized carbons (Fsp3) is 0.750. The van der Waals surface area contributed by atoms with Crippen LogP contribution in [0.5, 0.6) is 0 Å². The minimum atomic E-state index is -0.894. The quantitative estimate of drug-likeness (QED) is 0.410. The van der Waals surface area contributed by atoms with E-state index in [0.29, 0.717) is 6.42 Å². The number of hydrogen-bond acceptors (Lipinski definition) is 10. The number of rotatable bonds is 8. The van der Waals surface area contributed by atoms with Crippen molar-refractivity contribution in [1.29, 1.82) is 0 Å². The van der Waals surface area contributed by atoms with E-state index in [2.05, 4.69) is 10.3 Å². The molecule has 2 saturated heterocycles. The van der Waals surface area contributed by atoms with Crippen LogP contribution in [0.1, 0.15) is 66.1 Å². The Morgan fingerprint density at radius 1 is 1.22 bits per heavy atom. The molecule has 0 saturated carbocycles. The molecule has 2 aliphatic heterocycles. The number of carbonyl (C=O) groups is 2. The molecule has 13 heteroatoms. The van der Waals surface area contributed by atoms with Crippen molar-refractivity contribution in [3.8, 4) is 0 Å². The summed E-state index contributed by atoms with van der Waals surface area (Å²) in [4.78, 5) is 50.8. The third-order valence-corrected chi connectivity index (χ3v) is 5.87. The van der Waals surface area contributed by atoms with Gasteiger partial charge in [0.1, 0.15) is 23.9 Å². The van der Waals surface area contributed by atoms with Crippen molar-refractivity contribution in [3.05, 3.63) is 32.6 Å². The average molecular weight is 528 g/mol. The molecule has 1 amide bonds. The lowest BCUT2D eigenvalue weighted by Gasteiger charge is -2.22. The lowest BCUT2D eigenvalue weighted by atomic mass is 10.1. The lowest BCUT2D eigenvalue weighted by Crippen LogP contribution is -2.41. The molecule has 0 spiro atoms. The second kappa shape index (κ2) is 11.3. The highest BCUT2D eigenvalue weighted by atomic mass is 16.8. The highest BCUT2D eigenvalue weighted by Crippen LogP contribution is 2.33. The molecular weight excluding hydrogens is 490 g/mol. The zero-order valence-electron chi connectivity index (χ0n) is 22.1. The highest BCUT2D eigenvalue weighted by Gasteiger charge is 2.42. The van der Waals surface area contributed by atoms with Gasteiger partial charge in [-0.05, 0) is 41.0 Å². The Kier molecular flexibility index (Phi) is 8.83. The number of nitrogens with one attached hydrogen (secondary N) is 2. The first-order valence-electron chi connectivity index (χ1n) is 12.3. The summed E-state index contributed by atoms with van der Waals surface area (Å²) in [5, 5.41) is 12.3. The number of aliphatic hydroxyl groups is 1. The molecule has 0 bridgehead atoms. The predicted octanol–water partition coefficient (Wildman–Crippen LogP) is 0.726. The van der Waals surface area contributed by atoms with Gasteiger partial charge in [-0.3, -0.25) is 14.6 Å². The van der Waals surface area contributed by atoms with Gasteiger partial charge >= 0.3 is 17.8 Å². The lowest BCUT2D eigenvalue weighted by molar-refractivity contribution is -0.150. The van der Waals surface area contributed by atoms with E-state index in [4.69, 9.17) is 23.7 Å². The molecule has 3 N–H and O–H groups in total. The molecule has 0 aromatic carbocycles. The molecule has 2 fully saturated rings. The van der Waals surface area contributed by atoms with E-state index in [1.54, 1.807) is 34.6 Å². The molecule has 0 aliphatic carbocycles. The van der Waals surface area contributed by atoms with Crippen molar-refractivity contribution in [2.45, 2.75) is 103 Å². The summed E-state index contributed by atoms with van der Waals surface area (Å²) < 4.78 is 29.5. The monoisotopic (exact) mass is 527 g/mol. The molecule has 2 aliphatic rings. The Labute approximate surface area is 214 Å². The van der Waals surface area contributed by atoms with Crippen molar-refractivity contribution >= 4 is 12.1 Å². The second-order valence-electron chi connectivity index (χ2n) is 10.7. The van der Waals surface area contributed by atoms with Gasteiger partial charge in [-0.2, -0.15) is 0 Å². The number of aryl methyl sites for hydroxylation is 1. The molecule has 0 radical (unpaired) electrons. The summed E-state index contributed by atoms with van der Waals surface area (Å²) in [7, 11) is 0. The highest BCUT2D eigenvalue weighted by molar-refractivity contribution is 5.67. The first-order chi connectivity index (χ1) is 17.2. The van der Waals surface area contributed by atoms with Crippen molar-refractivity contribution in [2.75, 3.05) is 13.2 Å². The third kappa shape index (κ3) is 7.87. The number of hydrogen-bond donors (Lipinski definition) is 3. The van der Waals surface area contributed by atoms with E-state index in [1.807, 2.05) is 0 Å². The van der Waals surface area contributed by atoms with Crippen LogP contribution in [0.15, 0.2) is 15.8 Å². The van der Waals surface area contributed by atoms with Gasteiger partial charge in [0.25, 0.3) is 5.56 Å². The van der Waals surface area contributed by atoms with Gasteiger partial charge in [0, 0.05) is 32.6 Å². The van der Waals surface area contributed by atoms with Crippen molar-refractivity contribution in [3.63, 3.8) is 0 Å². The number of carbonyl (C=O) groups excluding carboxylic acids is 2. The van der Waals surface area contributed by atoms with Crippen LogP contribution in [0.2, 0.25) is 0 Å². The number of esters is 1. The van der Waals surface area contributed by atoms with Crippen LogP contribution < -0.4 is 16.6 Å². The summed E-state index contributed by atoms with van der Waals surface area (Å²) in [6, 6.07) is 0. The summed E-state index contributed by atoms with van der Waals surface area (Å²) >= 11 is 0. The minimum absolute atomic E-state index is 0.144. The maximum atomic E-state index is 12.5. The van der Waals surface area contributed by atoms with Crippen LogP contribution in [-0.4, -0.2) is 75.7 Å². The molecule has 3 heterocycles. The van der Waals surface area contributed by atoms with Crippen LogP contribution >= 0.6 is 0 Å². The molecule has 1 aromatic heterocycles. The Balaban J connectivity index is 1.69. The fourth-order valence-electron chi connectivity index (χ4n) is 4.43. The normalized spacial score (nSPS) is 27.2. The van der Waals surface area contributed by atoms with Crippen LogP contribution in [-0.2, 0) is 35.0 Å². The number of aliphatic hydroxyl groups excluding tert-OH is 1. The first kappa shape index (κ1) is 28.8. The van der Waals surface area contributed by atoms with E-state index in [0.717, 1.165) is 0 Å². The number of alkyl carbamates (subject to hydrolysis) is 1. The van der Waals surface area contributed by atoms with Gasteiger partial charge < -0.3 is 38.7 Å². The van der Waals surface area contributed by atoms with Crippen molar-refractivity contribution in [2.24, 2.45) is 0 Å². The number of H-pyrrole nitrogens is 1. The standard InChI is InChI=1S/C24H37N3O10/c1-13(29)33-17-9-16(34-19(17)12-28)14-11-27(21(31)26-20(14)30)8-7-15-18(36-24(5,6)35-15)10-25-22(32)37-23(2,3)4/h11,15-19,28H,7-10,12H2,1-6H3,(H,25,32)(H,26,30,31)/t15?,16-,17-,18?,19-/m1/s1. The summed E-state index contributed by atoms with van der Waals surface area (Å²) in [5.41, 5.74) is -1.69. The number of aromatic amines is 1. The van der Waals surface area contributed by atoms with Crippen LogP contribution in [0.4, 0.5) is 4.79 Å². The van der Waals surface area contributed by atoms with Gasteiger partial charge in [0.05, 0.1) is 24.4 Å². The van der Waals surface area contributed by atoms with E-state index in [-0.39, 0.29) is 31.7 Å². The molecule has 37 heavy (non-hydrogen) atoms.